The average Bonchev–Trinajstić information content (AvgIpc) is 2.44. The number of hydrogen-bond donors (Lipinski definition) is 0. The van der Waals surface area contributed by atoms with Crippen LogP contribution in [-0.2, 0) is 13.6 Å². The van der Waals surface area contributed by atoms with Gasteiger partial charge in [0.2, 0.25) is 12.2 Å². The zero-order valence-electron chi connectivity index (χ0n) is 9.09. The number of aromatic nitrogens is 2. The molecule has 0 fully saturated rings. The Morgan fingerprint density at radius 2 is 2.00 bits per heavy atom. The van der Waals surface area contributed by atoms with Crippen molar-refractivity contribution >= 4 is 0 Å². The second kappa shape index (κ2) is 6.20. The van der Waals surface area contributed by atoms with Crippen molar-refractivity contribution in [1.29, 1.82) is 0 Å². The van der Waals surface area contributed by atoms with Gasteiger partial charge >= 0.3 is 0 Å². The van der Waals surface area contributed by atoms with Gasteiger partial charge in [0.15, 0.2) is 0 Å². The largest absolute Gasteiger partial charge is 1.00 e. The summed E-state index contributed by atoms with van der Waals surface area (Å²) in [5.41, 5.74) is 0. The first-order chi connectivity index (χ1) is 6.47. The van der Waals surface area contributed by atoms with Crippen molar-refractivity contribution in [2.24, 2.45) is 7.05 Å². The predicted molar refractivity (Wildman–Crippen MR) is 50.1 cm³/mol. The molecule has 0 aliphatic rings. The van der Waals surface area contributed by atoms with Gasteiger partial charge in [-0.25, -0.2) is 17.9 Å². The van der Waals surface area contributed by atoms with Gasteiger partial charge in [-0.15, -0.1) is 0 Å². The predicted octanol–water partition coefficient (Wildman–Crippen LogP) is -0.858. The first-order valence-electron chi connectivity index (χ1n) is 4.86. The normalized spacial score (nSPS) is 11.2. The molecule has 0 saturated heterocycles. The lowest BCUT2D eigenvalue weighted by molar-refractivity contribution is -0.671. The molecule has 2 nitrogen and oxygen atoms in total. The molecule has 0 amide bonds. The van der Waals surface area contributed by atoms with Crippen molar-refractivity contribution < 1.29 is 30.3 Å². The Kier molecular flexibility index (Phi) is 6.02. The summed E-state index contributed by atoms with van der Waals surface area (Å²) in [4.78, 5) is 0. The van der Waals surface area contributed by atoms with E-state index < -0.39 is 5.92 Å². The number of aryl methyl sites for hydroxylation is 2. The quantitative estimate of drug-likeness (QED) is 0.491. The maximum Gasteiger partial charge on any atom is 0.245 e. The minimum Gasteiger partial charge on any atom is -1.00 e. The van der Waals surface area contributed by atoms with Crippen molar-refractivity contribution in [3.8, 4) is 0 Å². The highest BCUT2D eigenvalue weighted by molar-refractivity contribution is 4.66. The minimum absolute atomic E-state index is 0. The molecule has 0 atom stereocenters. The molecule has 0 N–H and O–H groups in total. The number of nitrogens with zero attached hydrogens (tertiary/aromatic N) is 2. The van der Waals surface area contributed by atoms with E-state index in [0.29, 0.717) is 6.42 Å². The van der Waals surface area contributed by atoms with E-state index in [-0.39, 0.29) is 23.4 Å². The third-order valence-electron chi connectivity index (χ3n) is 2.11. The van der Waals surface area contributed by atoms with Gasteiger partial charge in [-0.2, -0.15) is 0 Å². The number of hydrogen-bond acceptors (Lipinski definition) is 0. The Balaban J connectivity index is 0.00000196. The summed E-state index contributed by atoms with van der Waals surface area (Å²) in [7, 11) is 1.94. The van der Waals surface area contributed by atoms with Crippen molar-refractivity contribution in [2.45, 2.75) is 38.7 Å². The number of halogens is 3. The third kappa shape index (κ3) is 6.60. The first-order valence-corrected chi connectivity index (χ1v) is 4.86. The molecule has 1 heterocycles. The van der Waals surface area contributed by atoms with Crippen LogP contribution in [0.15, 0.2) is 18.7 Å². The smallest absolute Gasteiger partial charge is 0.245 e. The molecule has 1 aromatic rings. The van der Waals surface area contributed by atoms with Crippen molar-refractivity contribution in [3.63, 3.8) is 0 Å². The average molecular weight is 283 g/mol. The van der Waals surface area contributed by atoms with Crippen LogP contribution in [0.4, 0.5) is 8.78 Å². The summed E-state index contributed by atoms with van der Waals surface area (Å²) in [6.45, 7) is 1.79. The van der Waals surface area contributed by atoms with Gasteiger partial charge < -0.3 is 17.0 Å². The van der Waals surface area contributed by atoms with Crippen LogP contribution >= 0.6 is 0 Å². The Labute approximate surface area is 99.7 Å². The van der Waals surface area contributed by atoms with E-state index in [1.54, 1.807) is 0 Å². The summed E-state index contributed by atoms with van der Waals surface area (Å²) in [6.07, 6.45) is 7.20. The van der Waals surface area contributed by atoms with E-state index >= 15 is 0 Å². The van der Waals surface area contributed by atoms with Crippen molar-refractivity contribution in [2.75, 3.05) is 0 Å². The Morgan fingerprint density at radius 1 is 1.33 bits per heavy atom. The molecule has 88 valence electrons. The molecular weight excluding hydrogens is 266 g/mol. The van der Waals surface area contributed by atoms with Gasteiger partial charge in [-0.3, -0.25) is 0 Å². The van der Waals surface area contributed by atoms with Crippen LogP contribution in [0, 0.1) is 0 Å². The molecule has 0 radical (unpaired) electrons. The van der Waals surface area contributed by atoms with E-state index in [1.807, 2.05) is 34.9 Å². The van der Waals surface area contributed by atoms with E-state index in [0.717, 1.165) is 19.9 Å². The lowest BCUT2D eigenvalue weighted by Crippen LogP contribution is -3.00. The van der Waals surface area contributed by atoms with Crippen LogP contribution in [0.5, 0.6) is 0 Å². The van der Waals surface area contributed by atoms with E-state index in [1.165, 1.54) is 0 Å². The van der Waals surface area contributed by atoms with Crippen LogP contribution in [0.1, 0.15) is 26.2 Å². The van der Waals surface area contributed by atoms with Crippen LogP contribution in [0.25, 0.3) is 0 Å². The fourth-order valence-electron chi connectivity index (χ4n) is 1.36. The van der Waals surface area contributed by atoms with Gasteiger partial charge in [-0.1, -0.05) is 0 Å². The summed E-state index contributed by atoms with van der Waals surface area (Å²) >= 11 is 0. The Morgan fingerprint density at radius 3 is 2.47 bits per heavy atom. The van der Waals surface area contributed by atoms with Crippen molar-refractivity contribution in [3.05, 3.63) is 18.7 Å². The first kappa shape index (κ1) is 14.6. The molecule has 0 spiro atoms. The number of unbranched alkanes of at least 4 members (excludes halogenated alkanes) is 1. The second-order valence-electron chi connectivity index (χ2n) is 3.84. The summed E-state index contributed by atoms with van der Waals surface area (Å²) < 4.78 is 28.8. The fraction of sp³-hybridized carbons (Fsp3) is 0.700. The molecule has 1 rings (SSSR count). The molecule has 0 bridgehead atoms. The second-order valence-corrected chi connectivity index (χ2v) is 3.84. The maximum absolute atomic E-state index is 12.4. The summed E-state index contributed by atoms with van der Waals surface area (Å²) in [5.74, 6) is -2.51. The highest BCUT2D eigenvalue weighted by Crippen LogP contribution is 2.19. The van der Waals surface area contributed by atoms with E-state index in [9.17, 15) is 8.78 Å². The highest BCUT2D eigenvalue weighted by atomic mass is 79.9. The van der Waals surface area contributed by atoms with E-state index in [4.69, 9.17) is 0 Å². The zero-order chi connectivity index (χ0) is 10.6. The van der Waals surface area contributed by atoms with Crippen LogP contribution in [-0.4, -0.2) is 10.5 Å². The molecule has 5 heteroatoms. The van der Waals surface area contributed by atoms with Gasteiger partial charge in [0.05, 0.1) is 13.6 Å². The van der Waals surface area contributed by atoms with Crippen LogP contribution in [0.3, 0.4) is 0 Å². The lowest BCUT2D eigenvalue weighted by Gasteiger charge is -2.08. The number of alkyl halides is 2. The summed E-state index contributed by atoms with van der Waals surface area (Å²) in [6, 6.07) is 0. The van der Waals surface area contributed by atoms with Crippen LogP contribution in [0.2, 0.25) is 0 Å². The monoisotopic (exact) mass is 282 g/mol. The molecule has 0 aliphatic carbocycles. The van der Waals surface area contributed by atoms with Crippen LogP contribution < -0.4 is 21.5 Å². The Bertz CT molecular complexity index is 281. The minimum atomic E-state index is -2.51. The standard InChI is InChI=1S/C10H17F2N2.BrH/c1-10(11,12)5-3-4-6-14-8-7-13(2)9-14;/h7-9H,3-6H2,1-2H3;1H/q+1;/p-1. The number of rotatable bonds is 5. The zero-order valence-corrected chi connectivity index (χ0v) is 10.7. The van der Waals surface area contributed by atoms with Gasteiger partial charge in [-0.05, 0) is 19.8 Å². The van der Waals surface area contributed by atoms with Gasteiger partial charge in [0.25, 0.3) is 0 Å². The number of imidazole rings is 1. The molecular formula is C10H17BrF2N2. The lowest BCUT2D eigenvalue weighted by atomic mass is 10.1. The van der Waals surface area contributed by atoms with Gasteiger partial charge in [0.1, 0.15) is 12.4 Å². The summed E-state index contributed by atoms with van der Waals surface area (Å²) in [5, 5.41) is 0. The molecule has 15 heavy (non-hydrogen) atoms. The maximum atomic E-state index is 12.4. The molecule has 0 unspecified atom stereocenters. The fourth-order valence-corrected chi connectivity index (χ4v) is 1.36. The van der Waals surface area contributed by atoms with Crippen molar-refractivity contribution in [1.82, 2.24) is 4.57 Å². The Hall–Kier alpha value is -0.450. The topological polar surface area (TPSA) is 8.81 Å². The third-order valence-corrected chi connectivity index (χ3v) is 2.11. The SMILES string of the molecule is C[n+]1ccn(CCCCC(C)(F)F)c1.[Br-]. The molecule has 1 aromatic heterocycles. The molecule has 0 aromatic carbocycles. The van der Waals surface area contributed by atoms with Gasteiger partial charge in [0, 0.05) is 6.42 Å². The molecule has 0 saturated carbocycles. The molecule has 0 aliphatic heterocycles. The highest BCUT2D eigenvalue weighted by Gasteiger charge is 2.19. The van der Waals surface area contributed by atoms with E-state index in [2.05, 4.69) is 0 Å².